The fourth-order valence-electron chi connectivity index (χ4n) is 4.50. The first-order valence-corrected chi connectivity index (χ1v) is 12.1. The number of thiophene rings is 1. The Kier molecular flexibility index (Phi) is 6.71. The summed E-state index contributed by atoms with van der Waals surface area (Å²) in [5, 5.41) is 3.99. The van der Waals surface area contributed by atoms with Crippen LogP contribution in [0, 0.1) is 19.1 Å². The van der Waals surface area contributed by atoms with Crippen LogP contribution in [0.3, 0.4) is 0 Å². The predicted octanol–water partition coefficient (Wildman–Crippen LogP) is 8.87. The second kappa shape index (κ2) is 9.82. The molecule has 7 rings (SSSR count). The van der Waals surface area contributed by atoms with Crippen molar-refractivity contribution in [2.75, 3.05) is 0 Å². The molecule has 0 atom stereocenters. The van der Waals surface area contributed by atoms with E-state index in [0.717, 1.165) is 48.6 Å². The number of nitrogens with zero attached hydrogens (tertiary/aromatic N) is 2. The van der Waals surface area contributed by atoms with Crippen molar-refractivity contribution in [1.82, 2.24) is 9.97 Å². The molecule has 3 aromatic heterocycles. The van der Waals surface area contributed by atoms with E-state index < -0.39 is 11.7 Å². The van der Waals surface area contributed by atoms with Gasteiger partial charge in [0.15, 0.2) is 0 Å². The van der Waals surface area contributed by atoms with Crippen LogP contribution in [0.1, 0.15) is 11.1 Å². The summed E-state index contributed by atoms with van der Waals surface area (Å²) in [4.78, 5) is 8.71. The monoisotopic (exact) mass is 687 g/mol. The van der Waals surface area contributed by atoms with Gasteiger partial charge in [0, 0.05) is 41.9 Å². The Hall–Kier alpha value is -3.38. The van der Waals surface area contributed by atoms with Crippen LogP contribution in [-0.4, -0.2) is 9.97 Å². The Bertz CT molecular complexity index is 1790. The van der Waals surface area contributed by atoms with Gasteiger partial charge < -0.3 is 9.97 Å². The van der Waals surface area contributed by atoms with Gasteiger partial charge in [0.2, 0.25) is 0 Å². The summed E-state index contributed by atoms with van der Waals surface area (Å²) < 4.78 is 41.6. The molecule has 0 N–H and O–H groups in total. The number of alkyl halides is 3. The first-order valence-electron chi connectivity index (χ1n) is 11.2. The molecule has 37 heavy (non-hydrogen) atoms. The molecule has 0 aliphatic heterocycles. The van der Waals surface area contributed by atoms with Crippen LogP contribution < -0.4 is 0 Å². The Morgan fingerprint density at radius 2 is 1.65 bits per heavy atom. The molecular weight excluding hydrogens is 670 g/mol. The van der Waals surface area contributed by atoms with E-state index in [0.29, 0.717) is 10.1 Å². The first kappa shape index (κ1) is 25.3. The summed E-state index contributed by atoms with van der Waals surface area (Å²) in [5.74, 6) is 0. The van der Waals surface area contributed by atoms with Crippen LogP contribution in [0.5, 0.6) is 0 Å². The van der Waals surface area contributed by atoms with Gasteiger partial charge >= 0.3 is 6.18 Å². The van der Waals surface area contributed by atoms with E-state index in [-0.39, 0.29) is 20.1 Å². The number of hydrogen-bond acceptors (Lipinski definition) is 3. The van der Waals surface area contributed by atoms with E-state index >= 15 is 0 Å². The molecule has 2 nitrogen and oxygen atoms in total. The molecule has 0 spiro atoms. The summed E-state index contributed by atoms with van der Waals surface area (Å²) in [6.07, 6.45) is -0.872. The van der Waals surface area contributed by atoms with Crippen LogP contribution in [-0.2, 0) is 26.3 Å². The fraction of sp³-hybridized carbons (Fsp3) is 0.0667. The average molecular weight is 687 g/mol. The zero-order valence-corrected chi connectivity index (χ0v) is 22.6. The van der Waals surface area contributed by atoms with Crippen molar-refractivity contribution < 1.29 is 33.3 Å². The zero-order chi connectivity index (χ0) is 24.9. The van der Waals surface area contributed by atoms with Crippen LogP contribution >= 0.6 is 11.3 Å². The molecule has 185 valence electrons. The predicted molar refractivity (Wildman–Crippen MR) is 140 cm³/mol. The summed E-state index contributed by atoms with van der Waals surface area (Å²) >= 11 is 1.38. The average Bonchev–Trinajstić information content (AvgIpc) is 3.28. The van der Waals surface area contributed by atoms with E-state index in [4.69, 9.17) is 0 Å². The molecule has 0 amide bonds. The minimum absolute atomic E-state index is 0. The van der Waals surface area contributed by atoms with Crippen molar-refractivity contribution in [1.29, 1.82) is 0 Å². The van der Waals surface area contributed by atoms with Gasteiger partial charge in [0.05, 0.1) is 5.56 Å². The summed E-state index contributed by atoms with van der Waals surface area (Å²) in [5.41, 5.74) is 3.17. The van der Waals surface area contributed by atoms with Crippen molar-refractivity contribution >= 4 is 53.2 Å². The number of halogens is 3. The Morgan fingerprint density at radius 1 is 0.811 bits per heavy atom. The van der Waals surface area contributed by atoms with Gasteiger partial charge in [-0.2, -0.15) is 13.2 Å². The Balaban J connectivity index is 0.000000183. The van der Waals surface area contributed by atoms with Gasteiger partial charge in [-0.05, 0) is 40.2 Å². The van der Waals surface area contributed by atoms with Crippen molar-refractivity contribution in [2.24, 2.45) is 0 Å². The van der Waals surface area contributed by atoms with Gasteiger partial charge in [-0.3, -0.25) is 0 Å². The summed E-state index contributed by atoms with van der Waals surface area (Å²) in [6.45, 7) is 1.92. The third-order valence-corrected chi connectivity index (χ3v) is 7.18. The van der Waals surface area contributed by atoms with Gasteiger partial charge in [-0.25, -0.2) is 0 Å². The van der Waals surface area contributed by atoms with Gasteiger partial charge in [0.1, 0.15) is 0 Å². The molecule has 0 saturated heterocycles. The molecule has 3 heterocycles. The molecule has 1 radical (unpaired) electrons. The Labute approximate surface area is 228 Å². The molecule has 0 aliphatic carbocycles. The number of rotatable bonds is 1. The largest absolute Gasteiger partial charge is 0.416 e. The number of hydrogen-bond donors (Lipinski definition) is 0. The van der Waals surface area contributed by atoms with E-state index in [2.05, 4.69) is 22.1 Å². The maximum Gasteiger partial charge on any atom is 0.416 e. The summed E-state index contributed by atoms with van der Waals surface area (Å²) in [6, 6.07) is 28.2. The first-order chi connectivity index (χ1) is 17.4. The fourth-order valence-corrected chi connectivity index (χ4v) is 5.66. The number of fused-ring (bicyclic) bond motifs is 3. The normalized spacial score (nSPS) is 11.6. The van der Waals surface area contributed by atoms with Crippen molar-refractivity contribution in [3.8, 4) is 11.3 Å². The smallest absolute Gasteiger partial charge is 0.305 e. The number of benzene rings is 4. The minimum Gasteiger partial charge on any atom is -0.305 e. The Morgan fingerprint density at radius 3 is 2.38 bits per heavy atom. The van der Waals surface area contributed by atoms with E-state index in [1.807, 2.05) is 67.6 Å². The maximum atomic E-state index is 13.3. The third-order valence-electron chi connectivity index (χ3n) is 6.07. The van der Waals surface area contributed by atoms with Gasteiger partial charge in [-0.1, -0.05) is 35.9 Å². The van der Waals surface area contributed by atoms with E-state index in [1.165, 1.54) is 23.5 Å². The maximum absolute atomic E-state index is 13.3. The van der Waals surface area contributed by atoms with E-state index in [1.54, 1.807) is 12.4 Å². The van der Waals surface area contributed by atoms with Crippen molar-refractivity contribution in [3.63, 3.8) is 0 Å². The van der Waals surface area contributed by atoms with Crippen molar-refractivity contribution in [3.05, 3.63) is 108 Å². The third kappa shape index (κ3) is 4.59. The molecule has 7 aromatic rings. The van der Waals surface area contributed by atoms with E-state index in [9.17, 15) is 13.2 Å². The van der Waals surface area contributed by atoms with Crippen LogP contribution in [0.15, 0.2) is 85.2 Å². The number of aromatic nitrogens is 2. The SMILES string of the molecule is Cc1c[c-]c2c(c1)c1cc(C(F)(F)F)cc3sc4ccnc2c4c31.[Ir].[c-]1ccccc1-c1ccccn1. The quantitative estimate of drug-likeness (QED) is 0.127. The molecule has 0 saturated carbocycles. The number of aryl methyl sites for hydroxylation is 1. The van der Waals surface area contributed by atoms with Gasteiger partial charge in [-0.15, -0.1) is 76.4 Å². The van der Waals surface area contributed by atoms with Crippen LogP contribution in [0.25, 0.3) is 53.1 Å². The molecule has 0 unspecified atom stereocenters. The molecule has 0 aliphatic rings. The molecule has 7 heteroatoms. The zero-order valence-electron chi connectivity index (χ0n) is 19.4. The molecule has 4 aromatic carbocycles. The van der Waals surface area contributed by atoms with Crippen LogP contribution in [0.2, 0.25) is 0 Å². The summed E-state index contributed by atoms with van der Waals surface area (Å²) in [7, 11) is 0. The topological polar surface area (TPSA) is 25.8 Å². The molecule has 0 fully saturated rings. The van der Waals surface area contributed by atoms with Crippen LogP contribution in [0.4, 0.5) is 13.2 Å². The molecular formula is C30H17F3IrN2S-2. The second-order valence-corrected chi connectivity index (χ2v) is 9.57. The number of pyridine rings is 2. The minimum atomic E-state index is -4.37. The van der Waals surface area contributed by atoms with Crippen molar-refractivity contribution in [2.45, 2.75) is 13.1 Å². The second-order valence-electron chi connectivity index (χ2n) is 8.49. The molecule has 0 bridgehead atoms. The standard InChI is InChI=1S/C19H9F3NS.C11H8N.Ir/c1-9-2-3-11-12(6-9)13-7-10(19(20,21)22)8-15-16(13)17-14(24-15)4-5-23-18(11)17;1-2-6-10(7-3-1)11-8-4-5-9-12-11;/h2,4-8H,1H3;1-6,8-9H;/q2*-1;. The van der Waals surface area contributed by atoms with Gasteiger partial charge in [0.25, 0.3) is 0 Å².